The second-order valence-corrected chi connectivity index (χ2v) is 3.36. The van der Waals surface area contributed by atoms with Crippen molar-refractivity contribution in [1.82, 2.24) is 0 Å². The maximum atomic E-state index is 3.62. The van der Waals surface area contributed by atoms with Gasteiger partial charge in [0.25, 0.3) is 0 Å². The minimum atomic E-state index is 1.22. The van der Waals surface area contributed by atoms with Crippen molar-refractivity contribution in [1.29, 1.82) is 0 Å². The van der Waals surface area contributed by atoms with Crippen molar-refractivity contribution < 1.29 is 0 Å². The molecule has 15 heavy (non-hydrogen) atoms. The zero-order chi connectivity index (χ0) is 11.1. The lowest BCUT2D eigenvalue weighted by molar-refractivity contribution is 1.18. The SMILES string of the molecule is C=C/C=C\C=C/N(C)c1ccccc1C. The number of benzene rings is 1. The molecular weight excluding hydrogens is 182 g/mol. The first-order valence-electron chi connectivity index (χ1n) is 5.00. The number of para-hydroxylation sites is 1. The molecule has 0 atom stereocenters. The molecule has 0 spiro atoms. The first-order chi connectivity index (χ1) is 7.25. The summed E-state index contributed by atoms with van der Waals surface area (Å²) in [6.45, 7) is 5.73. The van der Waals surface area contributed by atoms with Gasteiger partial charge in [-0.3, -0.25) is 0 Å². The van der Waals surface area contributed by atoms with Gasteiger partial charge in [0, 0.05) is 18.9 Å². The van der Waals surface area contributed by atoms with Gasteiger partial charge in [0.1, 0.15) is 0 Å². The molecule has 0 aliphatic carbocycles. The number of hydrogen-bond acceptors (Lipinski definition) is 1. The Balaban J connectivity index is 2.73. The first-order valence-corrected chi connectivity index (χ1v) is 5.00. The van der Waals surface area contributed by atoms with Gasteiger partial charge >= 0.3 is 0 Å². The maximum Gasteiger partial charge on any atom is 0.0433 e. The number of rotatable bonds is 4. The molecule has 0 N–H and O–H groups in total. The minimum absolute atomic E-state index is 1.22. The zero-order valence-corrected chi connectivity index (χ0v) is 9.35. The molecule has 0 fully saturated rings. The van der Waals surface area contributed by atoms with Crippen molar-refractivity contribution in [2.75, 3.05) is 11.9 Å². The van der Waals surface area contributed by atoms with Crippen molar-refractivity contribution in [3.05, 3.63) is 66.9 Å². The van der Waals surface area contributed by atoms with Crippen molar-refractivity contribution in [2.45, 2.75) is 6.92 Å². The van der Waals surface area contributed by atoms with Gasteiger partial charge in [-0.15, -0.1) is 0 Å². The standard InChI is InChI=1S/C14H17N/c1-4-5-6-9-12-15(3)14-11-8-7-10-13(14)2/h4-12H,1H2,2-3H3/b6-5-,12-9-. The molecule has 0 aromatic heterocycles. The summed E-state index contributed by atoms with van der Waals surface area (Å²) >= 11 is 0. The lowest BCUT2D eigenvalue weighted by Crippen LogP contribution is -2.08. The highest BCUT2D eigenvalue weighted by Gasteiger charge is 1.98. The van der Waals surface area contributed by atoms with E-state index in [2.05, 4.69) is 30.5 Å². The van der Waals surface area contributed by atoms with Crippen molar-refractivity contribution in [3.63, 3.8) is 0 Å². The second kappa shape index (κ2) is 5.86. The Bertz CT molecular complexity index is 375. The average Bonchev–Trinajstić information content (AvgIpc) is 2.25. The fourth-order valence-electron chi connectivity index (χ4n) is 1.36. The van der Waals surface area contributed by atoms with Crippen LogP contribution in [0.2, 0.25) is 0 Å². The van der Waals surface area contributed by atoms with Crippen molar-refractivity contribution in [3.8, 4) is 0 Å². The van der Waals surface area contributed by atoms with Gasteiger partial charge in [-0.05, 0) is 24.6 Å². The molecule has 1 nitrogen and oxygen atoms in total. The van der Waals surface area contributed by atoms with E-state index >= 15 is 0 Å². The lowest BCUT2D eigenvalue weighted by atomic mass is 10.2. The van der Waals surface area contributed by atoms with E-state index in [4.69, 9.17) is 0 Å². The molecule has 0 saturated carbocycles. The number of nitrogens with zero attached hydrogens (tertiary/aromatic N) is 1. The van der Waals surface area contributed by atoms with Crippen LogP contribution in [0.4, 0.5) is 5.69 Å². The third-order valence-electron chi connectivity index (χ3n) is 2.16. The van der Waals surface area contributed by atoms with Crippen LogP contribution in [0, 0.1) is 6.92 Å². The highest BCUT2D eigenvalue weighted by molar-refractivity contribution is 5.54. The van der Waals surface area contributed by atoms with Crippen LogP contribution >= 0.6 is 0 Å². The Labute approximate surface area is 92.0 Å². The van der Waals surface area contributed by atoms with Crippen LogP contribution in [0.5, 0.6) is 0 Å². The molecule has 0 radical (unpaired) electrons. The van der Waals surface area contributed by atoms with E-state index in [1.165, 1.54) is 11.3 Å². The van der Waals surface area contributed by atoms with Crippen LogP contribution in [0.25, 0.3) is 0 Å². The monoisotopic (exact) mass is 199 g/mol. The van der Waals surface area contributed by atoms with Crippen LogP contribution in [0.1, 0.15) is 5.56 Å². The third-order valence-corrected chi connectivity index (χ3v) is 2.16. The molecule has 0 bridgehead atoms. The second-order valence-electron chi connectivity index (χ2n) is 3.36. The van der Waals surface area contributed by atoms with Crippen LogP contribution in [0.15, 0.2) is 61.3 Å². The van der Waals surface area contributed by atoms with Gasteiger partial charge in [0.15, 0.2) is 0 Å². The molecule has 78 valence electrons. The number of allylic oxidation sites excluding steroid dienone is 4. The Morgan fingerprint density at radius 1 is 1.13 bits per heavy atom. The summed E-state index contributed by atoms with van der Waals surface area (Å²) in [5.41, 5.74) is 2.50. The minimum Gasteiger partial charge on any atom is -0.351 e. The van der Waals surface area contributed by atoms with Crippen LogP contribution in [0.3, 0.4) is 0 Å². The van der Waals surface area contributed by atoms with Gasteiger partial charge < -0.3 is 4.90 Å². The molecule has 1 rings (SSSR count). The van der Waals surface area contributed by atoms with Gasteiger partial charge in [-0.1, -0.05) is 43.0 Å². The first kappa shape index (κ1) is 11.3. The fourth-order valence-corrected chi connectivity index (χ4v) is 1.36. The van der Waals surface area contributed by atoms with Crippen LogP contribution < -0.4 is 4.90 Å². The molecular formula is C14H17N. The topological polar surface area (TPSA) is 3.24 Å². The fraction of sp³-hybridized carbons (Fsp3) is 0.143. The molecule has 0 aliphatic heterocycles. The third kappa shape index (κ3) is 3.47. The molecule has 1 aromatic carbocycles. The van der Waals surface area contributed by atoms with Crippen LogP contribution in [-0.2, 0) is 0 Å². The number of aryl methyl sites for hydroxylation is 1. The lowest BCUT2D eigenvalue weighted by Gasteiger charge is -2.16. The summed E-state index contributed by atoms with van der Waals surface area (Å²) in [5, 5.41) is 0. The Morgan fingerprint density at radius 3 is 2.53 bits per heavy atom. The van der Waals surface area contributed by atoms with E-state index in [-0.39, 0.29) is 0 Å². The predicted octanol–water partition coefficient (Wildman–Crippen LogP) is 3.69. The average molecular weight is 199 g/mol. The van der Waals surface area contributed by atoms with Gasteiger partial charge in [-0.2, -0.15) is 0 Å². The summed E-state index contributed by atoms with van der Waals surface area (Å²) in [6, 6.07) is 8.32. The largest absolute Gasteiger partial charge is 0.351 e. The molecule has 0 saturated heterocycles. The van der Waals surface area contributed by atoms with Crippen molar-refractivity contribution >= 4 is 5.69 Å². The Morgan fingerprint density at radius 2 is 1.87 bits per heavy atom. The van der Waals surface area contributed by atoms with E-state index in [1.807, 2.05) is 43.6 Å². The maximum absolute atomic E-state index is 3.62. The van der Waals surface area contributed by atoms with E-state index in [0.29, 0.717) is 0 Å². The van der Waals surface area contributed by atoms with E-state index < -0.39 is 0 Å². The molecule has 1 heteroatoms. The van der Waals surface area contributed by atoms with Crippen LogP contribution in [-0.4, -0.2) is 7.05 Å². The molecule has 0 unspecified atom stereocenters. The quantitative estimate of drug-likeness (QED) is 0.668. The molecule has 0 aliphatic rings. The molecule has 1 aromatic rings. The van der Waals surface area contributed by atoms with E-state index in [9.17, 15) is 0 Å². The highest BCUT2D eigenvalue weighted by Crippen LogP contribution is 2.17. The number of hydrogen-bond donors (Lipinski definition) is 0. The van der Waals surface area contributed by atoms with Gasteiger partial charge in [-0.25, -0.2) is 0 Å². The highest BCUT2D eigenvalue weighted by atomic mass is 15.1. The summed E-state index contributed by atoms with van der Waals surface area (Å²) in [7, 11) is 2.04. The summed E-state index contributed by atoms with van der Waals surface area (Å²) in [5.74, 6) is 0. The normalized spacial score (nSPS) is 11.1. The van der Waals surface area contributed by atoms with E-state index in [1.54, 1.807) is 6.08 Å². The Kier molecular flexibility index (Phi) is 4.42. The number of anilines is 1. The summed E-state index contributed by atoms with van der Waals surface area (Å²) in [4.78, 5) is 2.10. The zero-order valence-electron chi connectivity index (χ0n) is 9.35. The smallest absolute Gasteiger partial charge is 0.0433 e. The Hall–Kier alpha value is -1.76. The van der Waals surface area contributed by atoms with Gasteiger partial charge in [0.05, 0.1) is 0 Å². The van der Waals surface area contributed by atoms with Crippen molar-refractivity contribution in [2.24, 2.45) is 0 Å². The van der Waals surface area contributed by atoms with Gasteiger partial charge in [0.2, 0.25) is 0 Å². The summed E-state index contributed by atoms with van der Waals surface area (Å²) < 4.78 is 0. The predicted molar refractivity (Wildman–Crippen MR) is 68.1 cm³/mol. The molecule has 0 heterocycles. The molecule has 0 amide bonds. The van der Waals surface area contributed by atoms with E-state index in [0.717, 1.165) is 0 Å². The summed E-state index contributed by atoms with van der Waals surface area (Å²) in [6.07, 6.45) is 9.65.